The number of aryl methyl sites for hydroxylation is 1. The number of halogens is 3. The lowest BCUT2D eigenvalue weighted by atomic mass is 10.1. The minimum Gasteiger partial charge on any atom is -0.368 e. The second-order valence-electron chi connectivity index (χ2n) is 7.67. The van der Waals surface area contributed by atoms with Crippen LogP contribution in [0.3, 0.4) is 0 Å². The Balaban J connectivity index is 1.34. The predicted molar refractivity (Wildman–Crippen MR) is 102 cm³/mol. The summed E-state index contributed by atoms with van der Waals surface area (Å²) < 4.78 is 38.1. The fourth-order valence-corrected chi connectivity index (χ4v) is 4.08. The van der Waals surface area contributed by atoms with Crippen LogP contribution in [0.2, 0.25) is 0 Å². The van der Waals surface area contributed by atoms with Gasteiger partial charge in [0.1, 0.15) is 0 Å². The van der Waals surface area contributed by atoms with Gasteiger partial charge in [-0.3, -0.25) is 4.79 Å². The number of para-hydroxylation sites is 1. The van der Waals surface area contributed by atoms with Gasteiger partial charge in [-0.05, 0) is 48.6 Å². The summed E-state index contributed by atoms with van der Waals surface area (Å²) in [6, 6.07) is 13.5. The molecule has 1 aliphatic carbocycles. The molecule has 0 bridgehead atoms. The predicted octanol–water partition coefficient (Wildman–Crippen LogP) is 4.47. The van der Waals surface area contributed by atoms with E-state index in [1.54, 1.807) is 0 Å². The van der Waals surface area contributed by atoms with Crippen molar-refractivity contribution in [3.05, 3.63) is 65.2 Å². The van der Waals surface area contributed by atoms with E-state index in [1.165, 1.54) is 23.4 Å². The number of hydrogen-bond donors (Lipinski definition) is 0. The minimum atomic E-state index is -4.33. The highest BCUT2D eigenvalue weighted by Crippen LogP contribution is 2.49. The average Bonchev–Trinajstić information content (AvgIpc) is 3.48. The number of carbonyl (C=O) groups is 1. The first-order chi connectivity index (χ1) is 13.3. The third kappa shape index (κ3) is 3.73. The monoisotopic (exact) mass is 388 g/mol. The molecule has 0 spiro atoms. The second-order valence-corrected chi connectivity index (χ2v) is 7.67. The fraction of sp³-hybridized carbons (Fsp3) is 0.409. The van der Waals surface area contributed by atoms with E-state index in [0.29, 0.717) is 13.1 Å². The number of carbonyl (C=O) groups excluding carboxylic acids is 1. The van der Waals surface area contributed by atoms with Gasteiger partial charge < -0.3 is 9.80 Å². The summed E-state index contributed by atoms with van der Waals surface area (Å²) >= 11 is 0. The number of hydrogen-bond acceptors (Lipinski definition) is 2. The van der Waals surface area contributed by atoms with Crippen molar-refractivity contribution in [2.45, 2.75) is 25.4 Å². The Morgan fingerprint density at radius 2 is 1.61 bits per heavy atom. The average molecular weight is 388 g/mol. The first-order valence-electron chi connectivity index (χ1n) is 9.61. The highest BCUT2D eigenvalue weighted by Gasteiger charge is 2.46. The Hall–Kier alpha value is -2.50. The van der Waals surface area contributed by atoms with Crippen LogP contribution in [0.4, 0.5) is 18.9 Å². The van der Waals surface area contributed by atoms with Crippen molar-refractivity contribution in [3.8, 4) is 0 Å². The molecule has 0 radical (unpaired) electrons. The largest absolute Gasteiger partial charge is 0.416 e. The first kappa shape index (κ1) is 18.8. The number of piperazine rings is 1. The van der Waals surface area contributed by atoms with Gasteiger partial charge in [0.15, 0.2) is 0 Å². The van der Waals surface area contributed by atoms with Gasteiger partial charge in [0, 0.05) is 37.8 Å². The Bertz CT molecular complexity index is 855. The van der Waals surface area contributed by atoms with Gasteiger partial charge in [-0.1, -0.05) is 30.3 Å². The Morgan fingerprint density at radius 1 is 0.964 bits per heavy atom. The second kappa shape index (κ2) is 7.15. The number of rotatable bonds is 3. The van der Waals surface area contributed by atoms with E-state index in [0.717, 1.165) is 37.2 Å². The van der Waals surface area contributed by atoms with Crippen LogP contribution >= 0.6 is 0 Å². The first-order valence-corrected chi connectivity index (χ1v) is 9.61. The van der Waals surface area contributed by atoms with Crippen molar-refractivity contribution in [2.24, 2.45) is 5.92 Å². The molecule has 6 heteroatoms. The molecule has 2 atom stereocenters. The van der Waals surface area contributed by atoms with Crippen molar-refractivity contribution in [3.63, 3.8) is 0 Å². The van der Waals surface area contributed by atoms with Gasteiger partial charge in [0.05, 0.1) is 5.56 Å². The normalized spacial score (nSPS) is 22.3. The molecule has 2 aliphatic rings. The zero-order chi connectivity index (χ0) is 19.9. The summed E-state index contributed by atoms with van der Waals surface area (Å²) in [5.74, 6) is 0.0836. The third-order valence-electron chi connectivity index (χ3n) is 5.82. The quantitative estimate of drug-likeness (QED) is 0.775. The molecule has 28 heavy (non-hydrogen) atoms. The number of benzene rings is 2. The highest BCUT2D eigenvalue weighted by atomic mass is 19.4. The van der Waals surface area contributed by atoms with E-state index in [-0.39, 0.29) is 17.7 Å². The molecule has 3 nitrogen and oxygen atoms in total. The molecule has 1 amide bonds. The van der Waals surface area contributed by atoms with Crippen molar-refractivity contribution in [2.75, 3.05) is 31.1 Å². The van der Waals surface area contributed by atoms with Gasteiger partial charge >= 0.3 is 6.18 Å². The van der Waals surface area contributed by atoms with Crippen molar-refractivity contribution in [1.29, 1.82) is 0 Å². The molecule has 1 heterocycles. The molecule has 2 fully saturated rings. The van der Waals surface area contributed by atoms with Crippen LogP contribution in [0.1, 0.15) is 29.0 Å². The summed E-state index contributed by atoms with van der Waals surface area (Å²) in [7, 11) is 0. The molecule has 1 aliphatic heterocycles. The molecular formula is C22H23F3N2O. The smallest absolute Gasteiger partial charge is 0.368 e. The van der Waals surface area contributed by atoms with Crippen molar-refractivity contribution < 1.29 is 18.0 Å². The summed E-state index contributed by atoms with van der Waals surface area (Å²) in [4.78, 5) is 17.0. The molecule has 2 aromatic rings. The molecule has 1 saturated carbocycles. The van der Waals surface area contributed by atoms with Crippen LogP contribution < -0.4 is 4.90 Å². The Labute approximate surface area is 162 Å². The topological polar surface area (TPSA) is 23.6 Å². The van der Waals surface area contributed by atoms with E-state index in [2.05, 4.69) is 24.0 Å². The lowest BCUT2D eigenvalue weighted by molar-refractivity contribution is -0.137. The Morgan fingerprint density at radius 3 is 2.21 bits per heavy atom. The van der Waals surface area contributed by atoms with Gasteiger partial charge in [0.25, 0.3) is 0 Å². The number of nitrogens with zero attached hydrogens (tertiary/aromatic N) is 2. The SMILES string of the molecule is Cc1ccccc1N1CCN(C(=O)C2CC2c2ccc(C(F)(F)F)cc2)CC1. The fourth-order valence-electron chi connectivity index (χ4n) is 4.08. The zero-order valence-corrected chi connectivity index (χ0v) is 15.7. The number of anilines is 1. The Kier molecular flexibility index (Phi) is 4.81. The van der Waals surface area contributed by atoms with Crippen LogP contribution in [0.5, 0.6) is 0 Å². The van der Waals surface area contributed by atoms with Gasteiger partial charge in [-0.25, -0.2) is 0 Å². The third-order valence-corrected chi connectivity index (χ3v) is 5.82. The van der Waals surface area contributed by atoms with E-state index >= 15 is 0 Å². The maximum absolute atomic E-state index is 12.8. The molecule has 2 aromatic carbocycles. The molecule has 1 saturated heterocycles. The summed E-state index contributed by atoms with van der Waals surface area (Å²) in [5.41, 5.74) is 2.62. The zero-order valence-electron chi connectivity index (χ0n) is 15.7. The summed E-state index contributed by atoms with van der Waals surface area (Å²) in [6.07, 6.45) is -3.60. The van der Waals surface area contributed by atoms with Crippen LogP contribution in [0.25, 0.3) is 0 Å². The van der Waals surface area contributed by atoms with Crippen LogP contribution in [-0.2, 0) is 11.0 Å². The maximum Gasteiger partial charge on any atom is 0.416 e. The van der Waals surface area contributed by atoms with Crippen molar-refractivity contribution in [1.82, 2.24) is 4.90 Å². The highest BCUT2D eigenvalue weighted by molar-refractivity contribution is 5.83. The minimum absolute atomic E-state index is 0.0455. The van der Waals surface area contributed by atoms with E-state index < -0.39 is 11.7 Å². The van der Waals surface area contributed by atoms with E-state index in [1.807, 2.05) is 17.0 Å². The standard InChI is InChI=1S/C22H23F3N2O/c1-15-4-2-3-5-20(15)26-10-12-27(13-11-26)21(28)19-14-18(19)16-6-8-17(9-7-16)22(23,24)25/h2-9,18-19H,10-14H2,1H3. The lowest BCUT2D eigenvalue weighted by Gasteiger charge is -2.37. The molecule has 148 valence electrons. The van der Waals surface area contributed by atoms with Crippen LogP contribution in [0, 0.1) is 12.8 Å². The molecule has 2 unspecified atom stereocenters. The van der Waals surface area contributed by atoms with Crippen LogP contribution in [-0.4, -0.2) is 37.0 Å². The van der Waals surface area contributed by atoms with Crippen molar-refractivity contribution >= 4 is 11.6 Å². The summed E-state index contributed by atoms with van der Waals surface area (Å²) in [6.45, 7) is 5.06. The van der Waals surface area contributed by atoms with Crippen LogP contribution in [0.15, 0.2) is 48.5 Å². The number of amides is 1. The molecular weight excluding hydrogens is 365 g/mol. The van der Waals surface area contributed by atoms with E-state index in [9.17, 15) is 18.0 Å². The van der Waals surface area contributed by atoms with Gasteiger partial charge in [0.2, 0.25) is 5.91 Å². The maximum atomic E-state index is 12.8. The molecule has 0 aromatic heterocycles. The van der Waals surface area contributed by atoms with E-state index in [4.69, 9.17) is 0 Å². The molecule has 4 rings (SSSR count). The summed E-state index contributed by atoms with van der Waals surface area (Å²) in [5, 5.41) is 0. The van der Waals surface area contributed by atoms with Gasteiger partial charge in [-0.15, -0.1) is 0 Å². The molecule has 0 N–H and O–H groups in total. The van der Waals surface area contributed by atoms with Gasteiger partial charge in [-0.2, -0.15) is 13.2 Å². The lowest BCUT2D eigenvalue weighted by Crippen LogP contribution is -2.49. The number of alkyl halides is 3.